The van der Waals surface area contributed by atoms with Gasteiger partial charge < -0.3 is 10.4 Å². The summed E-state index contributed by atoms with van der Waals surface area (Å²) in [5, 5.41) is 15.4. The number of anilines is 1. The van der Waals surface area contributed by atoms with Crippen LogP contribution in [0.2, 0.25) is 0 Å². The van der Waals surface area contributed by atoms with Gasteiger partial charge in [0.15, 0.2) is 0 Å². The van der Waals surface area contributed by atoms with Crippen molar-refractivity contribution in [3.05, 3.63) is 42.0 Å². The van der Waals surface area contributed by atoms with Gasteiger partial charge in [-0.2, -0.15) is 5.10 Å². The predicted molar refractivity (Wildman–Crippen MR) is 67.1 cm³/mol. The first kappa shape index (κ1) is 12.7. The van der Waals surface area contributed by atoms with Gasteiger partial charge in [0.05, 0.1) is 17.4 Å². The Labute approximate surface area is 108 Å². The summed E-state index contributed by atoms with van der Waals surface area (Å²) in [6.45, 7) is 2.65. The van der Waals surface area contributed by atoms with Crippen LogP contribution in [0.25, 0.3) is 0 Å². The second-order valence-corrected chi connectivity index (χ2v) is 3.78. The molecule has 0 radical (unpaired) electrons. The Morgan fingerprint density at radius 1 is 1.37 bits per heavy atom. The van der Waals surface area contributed by atoms with Crippen molar-refractivity contribution in [2.45, 2.75) is 13.5 Å². The minimum Gasteiger partial charge on any atom is -0.477 e. The molecule has 2 rings (SSSR count). The van der Waals surface area contributed by atoms with Gasteiger partial charge in [-0.3, -0.25) is 9.48 Å². The second kappa shape index (κ2) is 5.30. The van der Waals surface area contributed by atoms with E-state index in [9.17, 15) is 9.59 Å². The van der Waals surface area contributed by atoms with Crippen LogP contribution >= 0.6 is 0 Å². The zero-order chi connectivity index (χ0) is 13.8. The van der Waals surface area contributed by atoms with Crippen LogP contribution in [0, 0.1) is 0 Å². The number of carboxylic acid groups (broad SMARTS) is 1. The number of carbonyl (C=O) groups is 2. The molecule has 1 amide bonds. The third kappa shape index (κ3) is 2.95. The van der Waals surface area contributed by atoms with Crippen LogP contribution in [0.5, 0.6) is 0 Å². The molecule has 0 saturated heterocycles. The molecule has 0 aliphatic carbocycles. The molecule has 0 fully saturated rings. The Hall–Kier alpha value is -2.70. The number of nitrogens with zero attached hydrogens (tertiary/aromatic N) is 3. The fraction of sp³-hybridized carbons (Fsp3) is 0.167. The van der Waals surface area contributed by atoms with Crippen LogP contribution in [0.1, 0.15) is 27.8 Å². The summed E-state index contributed by atoms with van der Waals surface area (Å²) in [7, 11) is 0. The third-order valence-electron chi connectivity index (χ3n) is 2.46. The van der Waals surface area contributed by atoms with Gasteiger partial charge in [-0.05, 0) is 19.1 Å². The number of aromatic carboxylic acids is 1. The summed E-state index contributed by atoms with van der Waals surface area (Å²) in [6.07, 6.45) is 4.47. The number of hydrogen-bond donors (Lipinski definition) is 2. The van der Waals surface area contributed by atoms with Crippen molar-refractivity contribution in [3.8, 4) is 0 Å². The summed E-state index contributed by atoms with van der Waals surface area (Å²) in [5.41, 5.74) is 0.763. The average Bonchev–Trinajstić information content (AvgIpc) is 2.86. The van der Waals surface area contributed by atoms with E-state index in [0.717, 1.165) is 0 Å². The van der Waals surface area contributed by atoms with Gasteiger partial charge in [-0.15, -0.1) is 0 Å². The summed E-state index contributed by atoms with van der Waals surface area (Å²) >= 11 is 0. The monoisotopic (exact) mass is 260 g/mol. The Balaban J connectivity index is 2.09. The van der Waals surface area contributed by atoms with Crippen LogP contribution in [0.3, 0.4) is 0 Å². The van der Waals surface area contributed by atoms with Crippen LogP contribution in [0.4, 0.5) is 5.69 Å². The molecule has 0 aliphatic rings. The molecule has 0 saturated carbocycles. The summed E-state index contributed by atoms with van der Waals surface area (Å²) in [6, 6.07) is 2.70. The van der Waals surface area contributed by atoms with E-state index in [0.29, 0.717) is 12.2 Å². The molecule has 0 unspecified atom stereocenters. The van der Waals surface area contributed by atoms with Crippen molar-refractivity contribution < 1.29 is 14.7 Å². The first-order chi connectivity index (χ1) is 9.10. The largest absolute Gasteiger partial charge is 0.477 e. The van der Waals surface area contributed by atoms with E-state index in [2.05, 4.69) is 15.4 Å². The van der Waals surface area contributed by atoms with Crippen LogP contribution in [-0.4, -0.2) is 31.7 Å². The number of aromatic nitrogens is 3. The number of aryl methyl sites for hydroxylation is 1. The van der Waals surface area contributed by atoms with Crippen molar-refractivity contribution >= 4 is 17.6 Å². The second-order valence-electron chi connectivity index (χ2n) is 3.78. The lowest BCUT2D eigenvalue weighted by Gasteiger charge is -2.02. The average molecular weight is 260 g/mol. The highest BCUT2D eigenvalue weighted by Gasteiger charge is 2.10. The summed E-state index contributed by atoms with van der Waals surface area (Å²) in [4.78, 5) is 26.2. The normalized spacial score (nSPS) is 10.2. The van der Waals surface area contributed by atoms with Gasteiger partial charge >= 0.3 is 5.97 Å². The topological polar surface area (TPSA) is 97.1 Å². The summed E-state index contributed by atoms with van der Waals surface area (Å²) in [5.74, 6) is -1.49. The molecule has 2 aromatic heterocycles. The molecule has 7 heteroatoms. The van der Waals surface area contributed by atoms with E-state index in [1.165, 1.54) is 18.3 Å². The van der Waals surface area contributed by atoms with Crippen molar-refractivity contribution in [2.24, 2.45) is 0 Å². The van der Waals surface area contributed by atoms with E-state index < -0.39 is 5.97 Å². The van der Waals surface area contributed by atoms with Crippen molar-refractivity contribution in [1.82, 2.24) is 14.8 Å². The molecule has 98 valence electrons. The maximum absolute atomic E-state index is 11.9. The lowest BCUT2D eigenvalue weighted by atomic mass is 10.2. The predicted octanol–water partition coefficient (Wildman–Crippen LogP) is 1.25. The quantitative estimate of drug-likeness (QED) is 0.862. The van der Waals surface area contributed by atoms with E-state index in [4.69, 9.17) is 5.11 Å². The van der Waals surface area contributed by atoms with Gasteiger partial charge in [0.1, 0.15) is 5.69 Å². The SMILES string of the molecule is CCn1cc(NC(=O)c2ccc(C(=O)O)nc2)cn1. The lowest BCUT2D eigenvalue weighted by molar-refractivity contribution is 0.0690. The number of nitrogens with one attached hydrogen (secondary N) is 1. The van der Waals surface area contributed by atoms with Crippen LogP contribution in [-0.2, 0) is 6.54 Å². The molecule has 2 N–H and O–H groups in total. The molecular formula is C12H12N4O3. The van der Waals surface area contributed by atoms with Crippen LogP contribution in [0.15, 0.2) is 30.7 Å². The Morgan fingerprint density at radius 3 is 2.68 bits per heavy atom. The highest BCUT2D eigenvalue weighted by molar-refractivity contribution is 6.04. The van der Waals surface area contributed by atoms with Gasteiger partial charge in [0.25, 0.3) is 5.91 Å². The van der Waals surface area contributed by atoms with Crippen molar-refractivity contribution in [1.29, 1.82) is 0 Å². The summed E-state index contributed by atoms with van der Waals surface area (Å²) < 4.78 is 1.68. The standard InChI is InChI=1S/C12H12N4O3/c1-2-16-7-9(6-14-16)15-11(17)8-3-4-10(12(18)19)13-5-8/h3-7H,2H2,1H3,(H,15,17)(H,18,19). The number of carbonyl (C=O) groups excluding carboxylic acids is 1. The fourth-order valence-corrected chi connectivity index (χ4v) is 1.46. The van der Waals surface area contributed by atoms with Crippen molar-refractivity contribution in [2.75, 3.05) is 5.32 Å². The number of rotatable bonds is 4. The van der Waals surface area contributed by atoms with E-state index >= 15 is 0 Å². The Morgan fingerprint density at radius 2 is 2.16 bits per heavy atom. The van der Waals surface area contributed by atoms with E-state index in [1.54, 1.807) is 17.1 Å². The Bertz CT molecular complexity index is 604. The fourth-order valence-electron chi connectivity index (χ4n) is 1.46. The molecule has 0 aliphatic heterocycles. The minimum atomic E-state index is -1.13. The number of pyridine rings is 1. The number of carboxylic acids is 1. The molecule has 7 nitrogen and oxygen atoms in total. The van der Waals surface area contributed by atoms with Gasteiger partial charge in [-0.25, -0.2) is 9.78 Å². The molecule has 0 aromatic carbocycles. The third-order valence-corrected chi connectivity index (χ3v) is 2.46. The maximum atomic E-state index is 11.9. The lowest BCUT2D eigenvalue weighted by Crippen LogP contribution is -2.12. The highest BCUT2D eigenvalue weighted by atomic mass is 16.4. The number of hydrogen-bond acceptors (Lipinski definition) is 4. The molecule has 0 spiro atoms. The zero-order valence-electron chi connectivity index (χ0n) is 10.2. The van der Waals surface area contributed by atoms with Crippen LogP contribution < -0.4 is 5.32 Å². The molecule has 0 bridgehead atoms. The first-order valence-corrected chi connectivity index (χ1v) is 5.63. The molecule has 2 aromatic rings. The van der Waals surface area contributed by atoms with Gasteiger partial charge in [-0.1, -0.05) is 0 Å². The van der Waals surface area contributed by atoms with E-state index in [1.807, 2.05) is 6.92 Å². The minimum absolute atomic E-state index is 0.102. The zero-order valence-corrected chi connectivity index (χ0v) is 10.2. The molecule has 0 atom stereocenters. The van der Waals surface area contributed by atoms with E-state index in [-0.39, 0.29) is 17.2 Å². The first-order valence-electron chi connectivity index (χ1n) is 5.63. The molecule has 19 heavy (non-hydrogen) atoms. The highest BCUT2D eigenvalue weighted by Crippen LogP contribution is 2.08. The number of amides is 1. The van der Waals surface area contributed by atoms with Gasteiger partial charge in [0.2, 0.25) is 0 Å². The Kier molecular flexibility index (Phi) is 3.56. The smallest absolute Gasteiger partial charge is 0.354 e. The maximum Gasteiger partial charge on any atom is 0.354 e. The van der Waals surface area contributed by atoms with Crippen molar-refractivity contribution in [3.63, 3.8) is 0 Å². The van der Waals surface area contributed by atoms with Gasteiger partial charge in [0, 0.05) is 18.9 Å². The molecule has 2 heterocycles. The molecular weight excluding hydrogens is 248 g/mol.